The average Bonchev–Trinajstić information content (AvgIpc) is 2.37. The Kier molecular flexibility index (Phi) is 4.04. The van der Waals surface area contributed by atoms with E-state index in [-0.39, 0.29) is 11.6 Å². The lowest BCUT2D eigenvalue weighted by Gasteiger charge is -2.29. The van der Waals surface area contributed by atoms with Gasteiger partial charge in [0, 0.05) is 5.69 Å². The first kappa shape index (κ1) is 14.2. The molecule has 2 rings (SSSR count). The second-order valence-electron chi connectivity index (χ2n) is 5.26. The fourth-order valence-corrected chi connectivity index (χ4v) is 2.72. The van der Waals surface area contributed by atoms with Crippen LogP contribution < -0.4 is 11.1 Å². The lowest BCUT2D eigenvalue weighted by atomic mass is 9.81. The number of anilines is 1. The number of hydrogen-bond acceptors (Lipinski definition) is 2. The highest BCUT2D eigenvalue weighted by Gasteiger charge is 2.32. The van der Waals surface area contributed by atoms with Crippen LogP contribution in [0.2, 0.25) is 0 Å². The summed E-state index contributed by atoms with van der Waals surface area (Å²) in [5.74, 6) is 0.524. The Morgan fingerprint density at radius 2 is 1.84 bits per heavy atom. The van der Waals surface area contributed by atoms with E-state index in [2.05, 4.69) is 5.32 Å². The molecule has 0 saturated carbocycles. The SMILES string of the molecule is CC(c1cc(N)cc(C(F)(F)F)c1)C1CCNCC1. The molecule has 1 unspecified atom stereocenters. The number of nitrogens with two attached hydrogens (primary N) is 1. The van der Waals surface area contributed by atoms with E-state index in [1.807, 2.05) is 6.92 Å². The summed E-state index contributed by atoms with van der Waals surface area (Å²) >= 11 is 0. The largest absolute Gasteiger partial charge is 0.416 e. The quantitative estimate of drug-likeness (QED) is 0.810. The number of rotatable bonds is 2. The van der Waals surface area contributed by atoms with E-state index in [1.165, 1.54) is 6.07 Å². The Labute approximate surface area is 111 Å². The molecule has 106 valence electrons. The van der Waals surface area contributed by atoms with Crippen LogP contribution in [0.15, 0.2) is 18.2 Å². The van der Waals surface area contributed by atoms with Crippen molar-refractivity contribution in [2.45, 2.75) is 31.9 Å². The summed E-state index contributed by atoms with van der Waals surface area (Å²) in [6.45, 7) is 3.86. The Morgan fingerprint density at radius 1 is 1.21 bits per heavy atom. The molecule has 19 heavy (non-hydrogen) atoms. The fraction of sp³-hybridized carbons (Fsp3) is 0.571. The second kappa shape index (κ2) is 5.41. The van der Waals surface area contributed by atoms with Crippen molar-refractivity contribution in [1.82, 2.24) is 5.32 Å². The molecule has 0 spiro atoms. The van der Waals surface area contributed by atoms with Crippen molar-refractivity contribution >= 4 is 5.69 Å². The summed E-state index contributed by atoms with van der Waals surface area (Å²) in [5.41, 5.74) is 5.84. The lowest BCUT2D eigenvalue weighted by Crippen LogP contribution is -2.30. The van der Waals surface area contributed by atoms with Crippen LogP contribution in [0, 0.1) is 5.92 Å². The molecule has 1 aliphatic rings. The molecule has 3 N–H and O–H groups in total. The summed E-state index contributed by atoms with van der Waals surface area (Å²) in [7, 11) is 0. The zero-order valence-corrected chi connectivity index (χ0v) is 10.9. The maximum atomic E-state index is 12.8. The van der Waals surface area contributed by atoms with Gasteiger partial charge in [0.25, 0.3) is 0 Å². The third-order valence-corrected chi connectivity index (χ3v) is 3.92. The normalized spacial score (nSPS) is 19.4. The van der Waals surface area contributed by atoms with Gasteiger partial charge < -0.3 is 11.1 Å². The van der Waals surface area contributed by atoms with Crippen LogP contribution in [-0.4, -0.2) is 13.1 Å². The van der Waals surface area contributed by atoms with E-state index in [0.29, 0.717) is 11.5 Å². The summed E-state index contributed by atoms with van der Waals surface area (Å²) < 4.78 is 38.4. The zero-order valence-electron chi connectivity index (χ0n) is 10.9. The number of halogens is 3. The maximum Gasteiger partial charge on any atom is 0.416 e. The van der Waals surface area contributed by atoms with Gasteiger partial charge in [-0.05, 0) is 61.5 Å². The minimum atomic E-state index is -4.34. The predicted octanol–water partition coefficient (Wildman–Crippen LogP) is 3.39. The van der Waals surface area contributed by atoms with Crippen LogP contribution in [0.3, 0.4) is 0 Å². The Balaban J connectivity index is 2.26. The van der Waals surface area contributed by atoms with E-state index in [0.717, 1.165) is 32.0 Å². The fourth-order valence-electron chi connectivity index (χ4n) is 2.72. The zero-order chi connectivity index (χ0) is 14.0. The van der Waals surface area contributed by atoms with Gasteiger partial charge in [0.05, 0.1) is 5.56 Å². The standard InChI is InChI=1S/C14H19F3N2/c1-9(10-2-4-19-5-3-10)11-6-12(14(15,16)17)8-13(18)7-11/h6-10,19H,2-5,18H2,1H3. The van der Waals surface area contributed by atoms with Crippen molar-refractivity contribution in [2.24, 2.45) is 5.92 Å². The van der Waals surface area contributed by atoms with Crippen LogP contribution in [0.4, 0.5) is 18.9 Å². The minimum absolute atomic E-state index is 0.103. The van der Waals surface area contributed by atoms with Crippen LogP contribution in [0.1, 0.15) is 36.8 Å². The van der Waals surface area contributed by atoms with Gasteiger partial charge in [-0.2, -0.15) is 13.2 Å². The van der Waals surface area contributed by atoms with Crippen molar-refractivity contribution in [3.8, 4) is 0 Å². The van der Waals surface area contributed by atoms with Crippen molar-refractivity contribution in [3.63, 3.8) is 0 Å². The molecule has 1 aromatic carbocycles. The van der Waals surface area contributed by atoms with E-state index in [1.54, 1.807) is 6.07 Å². The van der Waals surface area contributed by atoms with Gasteiger partial charge in [0.2, 0.25) is 0 Å². The van der Waals surface area contributed by atoms with Crippen LogP contribution >= 0.6 is 0 Å². The first-order valence-corrected chi connectivity index (χ1v) is 6.56. The van der Waals surface area contributed by atoms with Crippen molar-refractivity contribution in [1.29, 1.82) is 0 Å². The van der Waals surface area contributed by atoms with Gasteiger partial charge >= 0.3 is 6.18 Å². The van der Waals surface area contributed by atoms with Crippen LogP contribution in [0.5, 0.6) is 0 Å². The highest BCUT2D eigenvalue weighted by Crippen LogP contribution is 2.36. The molecule has 0 amide bonds. The van der Waals surface area contributed by atoms with Gasteiger partial charge in [0.15, 0.2) is 0 Å². The highest BCUT2D eigenvalue weighted by atomic mass is 19.4. The van der Waals surface area contributed by atoms with Crippen LogP contribution in [0.25, 0.3) is 0 Å². The molecule has 0 radical (unpaired) electrons. The van der Waals surface area contributed by atoms with Gasteiger partial charge in [-0.15, -0.1) is 0 Å². The molecule has 1 atom stereocenters. The number of alkyl halides is 3. The Bertz CT molecular complexity index is 437. The monoisotopic (exact) mass is 272 g/mol. The molecule has 1 heterocycles. The Hall–Kier alpha value is -1.23. The molecule has 5 heteroatoms. The molecule has 2 nitrogen and oxygen atoms in total. The smallest absolute Gasteiger partial charge is 0.399 e. The van der Waals surface area contributed by atoms with E-state index in [4.69, 9.17) is 5.73 Å². The van der Waals surface area contributed by atoms with Crippen molar-refractivity contribution in [3.05, 3.63) is 29.3 Å². The molecule has 1 saturated heterocycles. The average molecular weight is 272 g/mol. The third kappa shape index (κ3) is 3.41. The summed E-state index contributed by atoms with van der Waals surface area (Å²) in [6.07, 6.45) is -2.34. The Morgan fingerprint density at radius 3 is 2.42 bits per heavy atom. The molecule has 0 aliphatic carbocycles. The molecule has 1 aliphatic heterocycles. The van der Waals surface area contributed by atoms with Gasteiger partial charge in [-0.3, -0.25) is 0 Å². The summed E-state index contributed by atoms with van der Waals surface area (Å²) in [6, 6.07) is 3.91. The van der Waals surface area contributed by atoms with Gasteiger partial charge in [-0.25, -0.2) is 0 Å². The van der Waals surface area contributed by atoms with E-state index < -0.39 is 11.7 Å². The minimum Gasteiger partial charge on any atom is -0.399 e. The second-order valence-corrected chi connectivity index (χ2v) is 5.26. The number of nitrogen functional groups attached to an aromatic ring is 1. The maximum absolute atomic E-state index is 12.8. The van der Waals surface area contributed by atoms with Crippen molar-refractivity contribution in [2.75, 3.05) is 18.8 Å². The molecule has 0 aromatic heterocycles. The molecule has 1 aromatic rings. The van der Waals surface area contributed by atoms with E-state index in [9.17, 15) is 13.2 Å². The number of hydrogen-bond donors (Lipinski definition) is 2. The topological polar surface area (TPSA) is 38.0 Å². The lowest BCUT2D eigenvalue weighted by molar-refractivity contribution is -0.137. The van der Waals surface area contributed by atoms with Gasteiger partial charge in [-0.1, -0.05) is 6.92 Å². The summed E-state index contributed by atoms with van der Waals surface area (Å²) in [4.78, 5) is 0. The predicted molar refractivity (Wildman–Crippen MR) is 69.9 cm³/mol. The first-order chi connectivity index (χ1) is 8.88. The first-order valence-electron chi connectivity index (χ1n) is 6.56. The van der Waals surface area contributed by atoms with E-state index >= 15 is 0 Å². The summed E-state index contributed by atoms with van der Waals surface area (Å²) in [5, 5.41) is 3.26. The van der Waals surface area contributed by atoms with Crippen molar-refractivity contribution < 1.29 is 13.2 Å². The number of benzene rings is 1. The molecular weight excluding hydrogens is 253 g/mol. The molecule has 0 bridgehead atoms. The van der Waals surface area contributed by atoms with Gasteiger partial charge in [0.1, 0.15) is 0 Å². The highest BCUT2D eigenvalue weighted by molar-refractivity contribution is 5.46. The third-order valence-electron chi connectivity index (χ3n) is 3.92. The number of nitrogens with one attached hydrogen (secondary N) is 1. The number of piperidine rings is 1. The molecular formula is C14H19F3N2. The van der Waals surface area contributed by atoms with Crippen LogP contribution in [-0.2, 0) is 6.18 Å². The molecule has 1 fully saturated rings.